The molecule has 0 saturated carbocycles. The average Bonchev–Trinajstić information content (AvgIpc) is 3.16. The number of rotatable bonds is 5. The van der Waals surface area contributed by atoms with Crippen LogP contribution in [0.4, 0.5) is 0 Å². The third-order valence-corrected chi connectivity index (χ3v) is 4.20. The molecule has 1 N–H and O–H groups in total. The molecule has 27 heavy (non-hydrogen) atoms. The van der Waals surface area contributed by atoms with Crippen LogP contribution in [0.1, 0.15) is 11.1 Å². The van der Waals surface area contributed by atoms with Gasteiger partial charge in [-0.3, -0.25) is 9.36 Å². The van der Waals surface area contributed by atoms with Gasteiger partial charge >= 0.3 is 0 Å². The van der Waals surface area contributed by atoms with Crippen molar-refractivity contribution in [2.75, 3.05) is 0 Å². The van der Waals surface area contributed by atoms with Crippen molar-refractivity contribution in [1.82, 2.24) is 19.9 Å². The van der Waals surface area contributed by atoms with Crippen LogP contribution < -0.4 is 5.32 Å². The lowest BCUT2D eigenvalue weighted by Gasteiger charge is -2.06. The maximum absolute atomic E-state index is 12.0. The van der Waals surface area contributed by atoms with Crippen LogP contribution in [0.25, 0.3) is 22.9 Å². The molecule has 0 atom stereocenters. The maximum atomic E-state index is 12.0. The fourth-order valence-corrected chi connectivity index (χ4v) is 2.79. The van der Waals surface area contributed by atoms with Crippen LogP contribution in [0.5, 0.6) is 0 Å². The number of nitrogens with one attached hydrogen (secondary N) is 1. The predicted molar refractivity (Wildman–Crippen MR) is 106 cm³/mol. The van der Waals surface area contributed by atoms with E-state index in [1.165, 1.54) is 6.08 Å². The Kier molecular flexibility index (Phi) is 4.74. The topological polar surface area (TPSA) is 59.8 Å². The summed E-state index contributed by atoms with van der Waals surface area (Å²) in [5.74, 6) is 0.659. The van der Waals surface area contributed by atoms with Gasteiger partial charge in [-0.2, -0.15) is 0 Å². The Morgan fingerprint density at radius 2 is 1.78 bits per heavy atom. The monoisotopic (exact) mass is 354 g/mol. The number of benzene rings is 2. The molecule has 0 saturated heterocycles. The Balaban J connectivity index is 1.39. The molecular formula is C22H18N4O. The fourth-order valence-electron chi connectivity index (χ4n) is 2.79. The molecule has 0 bridgehead atoms. The summed E-state index contributed by atoms with van der Waals surface area (Å²) in [6, 6.07) is 21.5. The minimum absolute atomic E-state index is 0.136. The molecule has 5 nitrogen and oxygen atoms in total. The lowest BCUT2D eigenvalue weighted by Crippen LogP contribution is -2.20. The van der Waals surface area contributed by atoms with Crippen LogP contribution in [-0.4, -0.2) is 20.4 Å². The van der Waals surface area contributed by atoms with Gasteiger partial charge in [-0.05, 0) is 35.4 Å². The Morgan fingerprint density at radius 1 is 0.963 bits per heavy atom. The average molecular weight is 354 g/mol. The van der Waals surface area contributed by atoms with Crippen molar-refractivity contribution >= 4 is 23.0 Å². The van der Waals surface area contributed by atoms with E-state index in [0.717, 1.165) is 28.0 Å². The van der Waals surface area contributed by atoms with Crippen LogP contribution in [0.3, 0.4) is 0 Å². The van der Waals surface area contributed by atoms with Crippen molar-refractivity contribution in [3.8, 4) is 5.82 Å². The molecule has 0 fully saturated rings. The normalized spacial score (nSPS) is 11.1. The minimum atomic E-state index is -0.136. The molecule has 0 aliphatic rings. The molecule has 2 aromatic heterocycles. The smallest absolute Gasteiger partial charge is 0.244 e. The second-order valence-corrected chi connectivity index (χ2v) is 6.09. The highest BCUT2D eigenvalue weighted by atomic mass is 16.1. The van der Waals surface area contributed by atoms with Gasteiger partial charge in [0, 0.05) is 18.8 Å². The molecule has 4 rings (SSSR count). The summed E-state index contributed by atoms with van der Waals surface area (Å²) in [4.78, 5) is 20.8. The van der Waals surface area contributed by atoms with E-state index in [2.05, 4.69) is 15.3 Å². The SMILES string of the molecule is O=C(C=Cc1ccccc1)NCc1ccc(-n2cnc3ccccc32)nc1. The second kappa shape index (κ2) is 7.66. The fraction of sp³-hybridized carbons (Fsp3) is 0.0455. The zero-order valence-electron chi connectivity index (χ0n) is 14.6. The van der Waals surface area contributed by atoms with Gasteiger partial charge in [0.1, 0.15) is 12.1 Å². The largest absolute Gasteiger partial charge is 0.348 e. The summed E-state index contributed by atoms with van der Waals surface area (Å²) in [5.41, 5.74) is 3.87. The highest BCUT2D eigenvalue weighted by Gasteiger charge is 2.05. The number of fused-ring (bicyclic) bond motifs is 1. The zero-order valence-corrected chi connectivity index (χ0v) is 14.6. The Labute approximate surface area is 157 Å². The highest BCUT2D eigenvalue weighted by Crippen LogP contribution is 2.16. The van der Waals surface area contributed by atoms with Gasteiger partial charge in [0.25, 0.3) is 0 Å². The van der Waals surface area contributed by atoms with Crippen molar-refractivity contribution in [2.24, 2.45) is 0 Å². The Hall–Kier alpha value is -3.73. The molecule has 2 aromatic carbocycles. The molecule has 2 heterocycles. The lowest BCUT2D eigenvalue weighted by atomic mass is 10.2. The first-order chi connectivity index (χ1) is 13.3. The number of carbonyl (C=O) groups excluding carboxylic acids is 1. The molecule has 4 aromatic rings. The van der Waals surface area contributed by atoms with Crippen LogP contribution in [0.2, 0.25) is 0 Å². The van der Waals surface area contributed by atoms with E-state index in [1.807, 2.05) is 71.3 Å². The number of amides is 1. The van der Waals surface area contributed by atoms with Crippen molar-refractivity contribution in [2.45, 2.75) is 6.54 Å². The van der Waals surface area contributed by atoms with Crippen molar-refractivity contribution < 1.29 is 4.79 Å². The molecule has 0 aliphatic carbocycles. The predicted octanol–water partition coefficient (Wildman–Crippen LogP) is 3.75. The third kappa shape index (κ3) is 3.93. The quantitative estimate of drug-likeness (QED) is 0.555. The maximum Gasteiger partial charge on any atom is 0.244 e. The summed E-state index contributed by atoms with van der Waals surface area (Å²) < 4.78 is 1.94. The summed E-state index contributed by atoms with van der Waals surface area (Å²) in [5, 5.41) is 2.87. The second-order valence-electron chi connectivity index (χ2n) is 6.09. The van der Waals surface area contributed by atoms with Gasteiger partial charge < -0.3 is 5.32 Å². The Bertz CT molecular complexity index is 1080. The van der Waals surface area contributed by atoms with Gasteiger partial charge in [-0.25, -0.2) is 9.97 Å². The summed E-state index contributed by atoms with van der Waals surface area (Å²) in [6.45, 7) is 0.427. The van der Waals surface area contributed by atoms with Gasteiger partial charge in [0.15, 0.2) is 0 Å². The van der Waals surface area contributed by atoms with Gasteiger partial charge in [-0.1, -0.05) is 48.5 Å². The van der Waals surface area contributed by atoms with Crippen LogP contribution >= 0.6 is 0 Å². The molecule has 0 spiro atoms. The molecule has 5 heteroatoms. The molecule has 132 valence electrons. The number of nitrogens with zero attached hydrogens (tertiary/aromatic N) is 3. The van der Waals surface area contributed by atoms with Gasteiger partial charge in [0.05, 0.1) is 11.0 Å². The van der Waals surface area contributed by atoms with Gasteiger partial charge in [0.2, 0.25) is 5.91 Å². The van der Waals surface area contributed by atoms with Crippen molar-refractivity contribution in [1.29, 1.82) is 0 Å². The van der Waals surface area contributed by atoms with E-state index in [0.29, 0.717) is 6.54 Å². The highest BCUT2D eigenvalue weighted by molar-refractivity contribution is 5.91. The third-order valence-electron chi connectivity index (χ3n) is 4.20. The summed E-state index contributed by atoms with van der Waals surface area (Å²) >= 11 is 0. The molecular weight excluding hydrogens is 336 g/mol. The van der Waals surface area contributed by atoms with Crippen LogP contribution in [0, 0.1) is 0 Å². The lowest BCUT2D eigenvalue weighted by molar-refractivity contribution is -0.116. The van der Waals surface area contributed by atoms with Crippen LogP contribution in [-0.2, 0) is 11.3 Å². The number of pyridine rings is 1. The molecule has 0 aliphatic heterocycles. The number of imidazole rings is 1. The van der Waals surface area contributed by atoms with E-state index in [9.17, 15) is 4.79 Å². The first-order valence-electron chi connectivity index (χ1n) is 8.68. The Morgan fingerprint density at radius 3 is 2.59 bits per heavy atom. The van der Waals surface area contributed by atoms with E-state index in [-0.39, 0.29) is 5.91 Å². The van der Waals surface area contributed by atoms with E-state index in [4.69, 9.17) is 0 Å². The minimum Gasteiger partial charge on any atom is -0.348 e. The summed E-state index contributed by atoms with van der Waals surface area (Å²) in [6.07, 6.45) is 6.86. The standard InChI is InChI=1S/C22H18N4O/c27-22(13-11-17-6-2-1-3-7-17)24-15-18-10-12-21(23-14-18)26-16-25-19-8-4-5-9-20(19)26/h1-14,16H,15H2,(H,24,27). The number of carbonyl (C=O) groups is 1. The van der Waals surface area contributed by atoms with E-state index >= 15 is 0 Å². The summed E-state index contributed by atoms with van der Waals surface area (Å²) in [7, 11) is 0. The number of hydrogen-bond acceptors (Lipinski definition) is 3. The number of hydrogen-bond donors (Lipinski definition) is 1. The molecule has 0 radical (unpaired) electrons. The first-order valence-corrected chi connectivity index (χ1v) is 8.68. The molecule has 1 amide bonds. The zero-order chi connectivity index (χ0) is 18.5. The van der Waals surface area contributed by atoms with Crippen LogP contribution in [0.15, 0.2) is 85.3 Å². The van der Waals surface area contributed by atoms with E-state index < -0.39 is 0 Å². The van der Waals surface area contributed by atoms with Gasteiger partial charge in [-0.15, -0.1) is 0 Å². The van der Waals surface area contributed by atoms with Crippen molar-refractivity contribution in [3.05, 3.63) is 96.5 Å². The van der Waals surface area contributed by atoms with Crippen molar-refractivity contribution in [3.63, 3.8) is 0 Å². The van der Waals surface area contributed by atoms with E-state index in [1.54, 1.807) is 18.6 Å². The first kappa shape index (κ1) is 16.7. The number of aromatic nitrogens is 3. The molecule has 0 unspecified atom stereocenters. The number of para-hydroxylation sites is 2.